The van der Waals surface area contributed by atoms with Crippen LogP contribution in [0, 0.1) is 0 Å². The molecule has 1 aliphatic rings. The Morgan fingerprint density at radius 3 is 2.27 bits per heavy atom. The van der Waals surface area contributed by atoms with Gasteiger partial charge in [-0.1, -0.05) is 12.1 Å². The molecular formula is C30H26O14. The molecule has 1 aromatic heterocycles. The van der Waals surface area contributed by atoms with Crippen LogP contribution in [0.15, 0.2) is 69.9 Å². The molecule has 1 fully saturated rings. The maximum absolute atomic E-state index is 13.6. The molecular weight excluding hydrogens is 584 g/mol. The smallest absolute Gasteiger partial charge is 0.331 e. The zero-order valence-corrected chi connectivity index (χ0v) is 22.5. The van der Waals surface area contributed by atoms with Crippen molar-refractivity contribution in [1.82, 2.24) is 0 Å². The van der Waals surface area contributed by atoms with Gasteiger partial charge in [0.25, 0.3) is 0 Å². The first-order chi connectivity index (χ1) is 21.0. The van der Waals surface area contributed by atoms with Gasteiger partial charge in [-0.05, 0) is 42.0 Å². The van der Waals surface area contributed by atoms with Gasteiger partial charge in [0.1, 0.15) is 46.5 Å². The van der Waals surface area contributed by atoms with Crippen molar-refractivity contribution in [3.8, 4) is 45.8 Å². The average molecular weight is 611 g/mol. The van der Waals surface area contributed by atoms with Crippen LogP contribution in [0.4, 0.5) is 0 Å². The van der Waals surface area contributed by atoms with Gasteiger partial charge in [-0.2, -0.15) is 0 Å². The molecule has 0 spiro atoms. The normalized spacial score (nSPS) is 21.8. The van der Waals surface area contributed by atoms with Gasteiger partial charge >= 0.3 is 5.97 Å². The number of carbonyl (C=O) groups is 1. The highest BCUT2D eigenvalue weighted by atomic mass is 16.7. The van der Waals surface area contributed by atoms with Crippen LogP contribution in [-0.2, 0) is 14.3 Å². The lowest BCUT2D eigenvalue weighted by Crippen LogP contribution is -2.61. The molecule has 2 heterocycles. The third kappa shape index (κ3) is 5.95. The van der Waals surface area contributed by atoms with Gasteiger partial charge in [0.15, 0.2) is 23.4 Å². The Balaban J connectivity index is 1.46. The number of rotatable bonds is 7. The lowest BCUT2D eigenvalue weighted by atomic mass is 9.99. The van der Waals surface area contributed by atoms with Gasteiger partial charge in [0.05, 0.1) is 6.61 Å². The highest BCUT2D eigenvalue weighted by Gasteiger charge is 2.48. The van der Waals surface area contributed by atoms with Crippen molar-refractivity contribution in [2.45, 2.75) is 30.7 Å². The first kappa shape index (κ1) is 30.2. The summed E-state index contributed by atoms with van der Waals surface area (Å²) in [7, 11) is 0. The van der Waals surface area contributed by atoms with Crippen molar-refractivity contribution in [2.24, 2.45) is 0 Å². The van der Waals surface area contributed by atoms with Crippen molar-refractivity contribution >= 4 is 23.0 Å². The molecule has 14 nitrogen and oxygen atoms in total. The molecule has 3 aromatic carbocycles. The second-order valence-corrected chi connectivity index (χ2v) is 9.78. The van der Waals surface area contributed by atoms with Crippen LogP contribution in [0.5, 0.6) is 34.5 Å². The van der Waals surface area contributed by atoms with Gasteiger partial charge in [0, 0.05) is 23.8 Å². The van der Waals surface area contributed by atoms with E-state index in [2.05, 4.69) is 0 Å². The number of hydrogen-bond donors (Lipinski definition) is 8. The second-order valence-electron chi connectivity index (χ2n) is 9.78. The Morgan fingerprint density at radius 1 is 0.864 bits per heavy atom. The second kappa shape index (κ2) is 12.1. The molecule has 230 valence electrons. The van der Waals surface area contributed by atoms with E-state index in [1.165, 1.54) is 36.4 Å². The number of esters is 1. The average Bonchev–Trinajstić information content (AvgIpc) is 2.98. The number of phenolic OH excluding ortho intramolecular Hbond substituents is 5. The predicted molar refractivity (Wildman–Crippen MR) is 150 cm³/mol. The molecule has 44 heavy (non-hydrogen) atoms. The Labute approximate surface area is 247 Å². The summed E-state index contributed by atoms with van der Waals surface area (Å²) in [5.41, 5.74) is -0.771. The number of aliphatic hydroxyl groups excluding tert-OH is 3. The number of carbonyl (C=O) groups excluding carboxylic acids is 1. The Morgan fingerprint density at radius 2 is 1.59 bits per heavy atom. The van der Waals surface area contributed by atoms with E-state index in [-0.39, 0.29) is 22.7 Å². The highest BCUT2D eigenvalue weighted by molar-refractivity contribution is 5.88. The fourth-order valence-electron chi connectivity index (χ4n) is 4.56. The van der Waals surface area contributed by atoms with Gasteiger partial charge in [0.2, 0.25) is 17.5 Å². The summed E-state index contributed by atoms with van der Waals surface area (Å²) >= 11 is 0. The van der Waals surface area contributed by atoms with Crippen LogP contribution in [0.3, 0.4) is 0 Å². The molecule has 8 N–H and O–H groups in total. The zero-order chi connectivity index (χ0) is 31.7. The minimum absolute atomic E-state index is 0.0195. The van der Waals surface area contributed by atoms with Crippen LogP contribution in [0.1, 0.15) is 5.56 Å². The van der Waals surface area contributed by atoms with Crippen LogP contribution in [-0.4, -0.2) is 84.1 Å². The number of fused-ring (bicyclic) bond motifs is 1. The number of hydrogen-bond acceptors (Lipinski definition) is 14. The van der Waals surface area contributed by atoms with Crippen LogP contribution < -0.4 is 10.2 Å². The quantitative estimate of drug-likeness (QED) is 0.0840. The van der Waals surface area contributed by atoms with Crippen LogP contribution >= 0.6 is 0 Å². The number of aromatic hydroxyl groups is 5. The molecule has 0 radical (unpaired) electrons. The molecule has 0 bridgehead atoms. The Kier molecular flexibility index (Phi) is 8.33. The molecule has 0 saturated carbocycles. The third-order valence-corrected chi connectivity index (χ3v) is 6.77. The summed E-state index contributed by atoms with van der Waals surface area (Å²) in [6, 6.07) is 11.1. The summed E-state index contributed by atoms with van der Waals surface area (Å²) in [4.78, 5) is 26.0. The van der Waals surface area contributed by atoms with Crippen molar-refractivity contribution in [3.63, 3.8) is 0 Å². The van der Waals surface area contributed by atoms with E-state index in [4.69, 9.17) is 18.6 Å². The summed E-state index contributed by atoms with van der Waals surface area (Å²) in [5, 5.41) is 80.6. The van der Waals surface area contributed by atoms with Crippen molar-refractivity contribution in [1.29, 1.82) is 0 Å². The van der Waals surface area contributed by atoms with Gasteiger partial charge < -0.3 is 59.5 Å². The predicted octanol–water partition coefficient (Wildman–Crippen LogP) is 1.43. The minimum atomic E-state index is -1.97. The number of aliphatic hydroxyl groups is 3. The molecule has 0 unspecified atom stereocenters. The third-order valence-electron chi connectivity index (χ3n) is 6.77. The maximum atomic E-state index is 13.6. The lowest BCUT2D eigenvalue weighted by Gasteiger charge is -2.41. The fraction of sp³-hybridized carbons (Fsp3) is 0.200. The van der Waals surface area contributed by atoms with E-state index < -0.39 is 82.8 Å². The fourth-order valence-corrected chi connectivity index (χ4v) is 4.56. The number of ether oxygens (including phenoxy) is 3. The Bertz CT molecular complexity index is 1780. The molecule has 1 aliphatic heterocycles. The van der Waals surface area contributed by atoms with Crippen molar-refractivity contribution in [3.05, 3.63) is 76.5 Å². The number of benzene rings is 3. The largest absolute Gasteiger partial charge is 0.508 e. The van der Waals surface area contributed by atoms with Crippen LogP contribution in [0.2, 0.25) is 0 Å². The van der Waals surface area contributed by atoms with Gasteiger partial charge in [-0.25, -0.2) is 4.79 Å². The minimum Gasteiger partial charge on any atom is -0.508 e. The van der Waals surface area contributed by atoms with E-state index in [9.17, 15) is 50.4 Å². The molecule has 4 aromatic rings. The van der Waals surface area contributed by atoms with E-state index >= 15 is 0 Å². The molecule has 0 amide bonds. The van der Waals surface area contributed by atoms with E-state index in [0.717, 1.165) is 30.3 Å². The SMILES string of the molecule is O=C(/C=C/c1ccc(O)cc1)O[C@H]1[C@H](O)[C@@H](O)[C@H](Oc2c(-c3ccc(O)c(O)c3)oc3cc(O)cc(O)c3c2=O)O[C@@H]1CO. The molecule has 14 heteroatoms. The van der Waals surface area contributed by atoms with E-state index in [1.807, 2.05) is 0 Å². The van der Waals surface area contributed by atoms with Crippen molar-refractivity contribution < 1.29 is 64.3 Å². The first-order valence-corrected chi connectivity index (χ1v) is 13.0. The summed E-state index contributed by atoms with van der Waals surface area (Å²) < 4.78 is 22.2. The topological polar surface area (TPSA) is 237 Å². The standard InChI is InChI=1S/C30H26O14/c31-12-21-28(43-22(37)8-3-13-1-5-15(32)6-2-13)25(39)26(40)30(42-21)44-29-24(38)23-19(36)10-16(33)11-20(23)41-27(29)14-4-7-17(34)18(35)9-14/h1-11,21,25-26,28,30-36,39-40H,12H2/b8-3+/t21-,25-,26-,28-,30+/m1/s1. The highest BCUT2D eigenvalue weighted by Crippen LogP contribution is 2.39. The monoisotopic (exact) mass is 610 g/mol. The summed E-state index contributed by atoms with van der Waals surface area (Å²) in [6.45, 7) is -0.825. The van der Waals surface area contributed by atoms with E-state index in [1.54, 1.807) is 0 Å². The molecule has 1 saturated heterocycles. The van der Waals surface area contributed by atoms with Gasteiger partial charge in [-0.15, -0.1) is 0 Å². The Hall–Kier alpha value is -5.28. The van der Waals surface area contributed by atoms with E-state index in [0.29, 0.717) is 5.56 Å². The lowest BCUT2D eigenvalue weighted by molar-refractivity contribution is -0.280. The maximum Gasteiger partial charge on any atom is 0.331 e. The van der Waals surface area contributed by atoms with Crippen molar-refractivity contribution in [2.75, 3.05) is 6.61 Å². The molecule has 0 aliphatic carbocycles. The first-order valence-electron chi connectivity index (χ1n) is 13.0. The molecule has 5 atom stereocenters. The van der Waals surface area contributed by atoms with Gasteiger partial charge in [-0.3, -0.25) is 4.79 Å². The summed E-state index contributed by atoms with van der Waals surface area (Å²) in [5.74, 6) is -4.20. The summed E-state index contributed by atoms with van der Waals surface area (Å²) in [6.07, 6.45) is -6.38. The van der Waals surface area contributed by atoms with Crippen LogP contribution in [0.25, 0.3) is 28.4 Å². The number of phenols is 5. The zero-order valence-electron chi connectivity index (χ0n) is 22.5. The molecule has 5 rings (SSSR count).